The van der Waals surface area contributed by atoms with E-state index in [1.54, 1.807) is 7.11 Å². The van der Waals surface area contributed by atoms with Crippen molar-refractivity contribution in [2.75, 3.05) is 7.11 Å². The summed E-state index contributed by atoms with van der Waals surface area (Å²) in [5, 5.41) is 0. The molecule has 1 aromatic carbocycles. The van der Waals surface area contributed by atoms with Crippen molar-refractivity contribution in [3.05, 3.63) is 27.7 Å². The van der Waals surface area contributed by atoms with Crippen LogP contribution in [0.1, 0.15) is 50.3 Å². The van der Waals surface area contributed by atoms with E-state index in [0.29, 0.717) is 5.92 Å². The molecule has 0 saturated carbocycles. The van der Waals surface area contributed by atoms with Gasteiger partial charge in [0, 0.05) is 16.1 Å². The van der Waals surface area contributed by atoms with Crippen LogP contribution >= 0.6 is 15.9 Å². The van der Waals surface area contributed by atoms with Gasteiger partial charge in [0.25, 0.3) is 0 Å². The maximum absolute atomic E-state index is 6.37. The van der Waals surface area contributed by atoms with Crippen LogP contribution in [0.4, 0.5) is 0 Å². The Balaban J connectivity index is 2.96. The first-order chi connectivity index (χ1) is 8.51. The van der Waals surface area contributed by atoms with Crippen LogP contribution in [0.2, 0.25) is 0 Å². The van der Waals surface area contributed by atoms with Crippen LogP contribution in [0, 0.1) is 12.8 Å². The maximum Gasteiger partial charge on any atom is 0.123 e. The summed E-state index contributed by atoms with van der Waals surface area (Å²) >= 11 is 3.57. The van der Waals surface area contributed by atoms with Crippen LogP contribution in [0.15, 0.2) is 16.6 Å². The summed E-state index contributed by atoms with van der Waals surface area (Å²) in [5.41, 5.74) is 8.64. The molecular formula is C15H24BrNO. The highest BCUT2D eigenvalue weighted by Gasteiger charge is 2.19. The maximum atomic E-state index is 6.37. The van der Waals surface area contributed by atoms with E-state index in [0.717, 1.165) is 22.2 Å². The van der Waals surface area contributed by atoms with E-state index in [9.17, 15) is 0 Å². The average Bonchev–Trinajstić information content (AvgIpc) is 2.37. The van der Waals surface area contributed by atoms with Gasteiger partial charge in [0.1, 0.15) is 5.75 Å². The zero-order chi connectivity index (χ0) is 13.7. The summed E-state index contributed by atoms with van der Waals surface area (Å²) in [4.78, 5) is 0. The molecule has 2 atom stereocenters. The van der Waals surface area contributed by atoms with Crippen molar-refractivity contribution < 1.29 is 4.74 Å². The molecule has 2 N–H and O–H groups in total. The van der Waals surface area contributed by atoms with Gasteiger partial charge < -0.3 is 10.5 Å². The number of methoxy groups -OCH3 is 1. The third-order valence-electron chi connectivity index (χ3n) is 3.50. The summed E-state index contributed by atoms with van der Waals surface area (Å²) in [5.74, 6) is 1.36. The Morgan fingerprint density at radius 1 is 1.39 bits per heavy atom. The first kappa shape index (κ1) is 15.5. The summed E-state index contributed by atoms with van der Waals surface area (Å²) in [6.45, 7) is 6.48. The van der Waals surface area contributed by atoms with Crippen LogP contribution < -0.4 is 10.5 Å². The molecule has 0 aromatic heterocycles. The predicted octanol–water partition coefficient (Wildman–Crippen LogP) is 4.59. The second kappa shape index (κ2) is 7.15. The molecule has 0 radical (unpaired) electrons. The molecule has 102 valence electrons. The largest absolute Gasteiger partial charge is 0.496 e. The molecule has 2 unspecified atom stereocenters. The molecule has 18 heavy (non-hydrogen) atoms. The molecule has 3 heteroatoms. The van der Waals surface area contributed by atoms with Gasteiger partial charge in [0.05, 0.1) is 7.11 Å². The van der Waals surface area contributed by atoms with E-state index in [-0.39, 0.29) is 6.04 Å². The van der Waals surface area contributed by atoms with Gasteiger partial charge in [-0.05, 0) is 37.0 Å². The zero-order valence-corrected chi connectivity index (χ0v) is 13.4. The summed E-state index contributed by atoms with van der Waals surface area (Å²) in [6, 6.07) is 4.18. The molecular weight excluding hydrogens is 290 g/mol. The Labute approximate surface area is 119 Å². The highest BCUT2D eigenvalue weighted by atomic mass is 79.9. The molecule has 0 aliphatic heterocycles. The molecule has 0 saturated heterocycles. The molecule has 1 aromatic rings. The molecule has 0 fully saturated rings. The van der Waals surface area contributed by atoms with Crippen molar-refractivity contribution in [2.24, 2.45) is 11.7 Å². The number of halogens is 1. The van der Waals surface area contributed by atoms with Crippen LogP contribution in [0.3, 0.4) is 0 Å². The van der Waals surface area contributed by atoms with Gasteiger partial charge in [-0.2, -0.15) is 0 Å². The van der Waals surface area contributed by atoms with E-state index in [1.807, 2.05) is 6.07 Å². The fourth-order valence-corrected chi connectivity index (χ4v) is 2.48. The average molecular weight is 314 g/mol. The molecule has 0 amide bonds. The van der Waals surface area contributed by atoms with Crippen molar-refractivity contribution in [1.82, 2.24) is 0 Å². The smallest absolute Gasteiger partial charge is 0.123 e. The highest BCUT2D eigenvalue weighted by Crippen LogP contribution is 2.34. The van der Waals surface area contributed by atoms with E-state index >= 15 is 0 Å². The number of hydrogen-bond acceptors (Lipinski definition) is 2. The third kappa shape index (κ3) is 3.72. The zero-order valence-electron chi connectivity index (χ0n) is 11.8. The quantitative estimate of drug-likeness (QED) is 0.833. The number of nitrogens with two attached hydrogens (primary N) is 1. The van der Waals surface area contributed by atoms with Crippen LogP contribution in [-0.4, -0.2) is 7.11 Å². The topological polar surface area (TPSA) is 35.2 Å². The van der Waals surface area contributed by atoms with Crippen LogP contribution in [0.5, 0.6) is 5.75 Å². The Morgan fingerprint density at radius 3 is 2.61 bits per heavy atom. The minimum absolute atomic E-state index is 0.0309. The highest BCUT2D eigenvalue weighted by molar-refractivity contribution is 9.10. The SMILES string of the molecule is CCCCC(C)C(N)c1cc(Br)c(C)cc1OC. The lowest BCUT2D eigenvalue weighted by atomic mass is 9.90. The fourth-order valence-electron chi connectivity index (χ4n) is 2.12. The first-order valence-electron chi connectivity index (χ1n) is 6.60. The lowest BCUT2D eigenvalue weighted by Crippen LogP contribution is -2.20. The van der Waals surface area contributed by atoms with E-state index in [2.05, 4.69) is 42.8 Å². The predicted molar refractivity (Wildman–Crippen MR) is 81.0 cm³/mol. The minimum atomic E-state index is 0.0309. The van der Waals surface area contributed by atoms with E-state index < -0.39 is 0 Å². The number of hydrogen-bond donors (Lipinski definition) is 1. The third-order valence-corrected chi connectivity index (χ3v) is 4.35. The number of ether oxygens (including phenoxy) is 1. The van der Waals surface area contributed by atoms with Crippen molar-refractivity contribution in [3.8, 4) is 5.75 Å². The fraction of sp³-hybridized carbons (Fsp3) is 0.600. The Hall–Kier alpha value is -0.540. The second-order valence-electron chi connectivity index (χ2n) is 4.99. The molecule has 2 nitrogen and oxygen atoms in total. The minimum Gasteiger partial charge on any atom is -0.496 e. The first-order valence-corrected chi connectivity index (χ1v) is 7.40. The summed E-state index contributed by atoms with van der Waals surface area (Å²) < 4.78 is 6.55. The molecule has 0 aliphatic rings. The Morgan fingerprint density at radius 2 is 2.06 bits per heavy atom. The van der Waals surface area contributed by atoms with Crippen LogP contribution in [-0.2, 0) is 0 Å². The van der Waals surface area contributed by atoms with Gasteiger partial charge in [-0.1, -0.05) is 42.6 Å². The van der Waals surface area contributed by atoms with Crippen molar-refractivity contribution in [2.45, 2.75) is 46.1 Å². The summed E-state index contributed by atoms with van der Waals surface area (Å²) in [7, 11) is 1.70. The Bertz CT molecular complexity index is 392. The number of unbranched alkanes of at least 4 members (excludes halogenated alkanes) is 1. The lowest BCUT2D eigenvalue weighted by molar-refractivity contribution is 0.379. The Kier molecular flexibility index (Phi) is 6.16. The van der Waals surface area contributed by atoms with Gasteiger partial charge in [-0.3, -0.25) is 0 Å². The lowest BCUT2D eigenvalue weighted by Gasteiger charge is -2.23. The molecule has 0 bridgehead atoms. The number of aryl methyl sites for hydroxylation is 1. The van der Waals surface area contributed by atoms with Crippen LogP contribution in [0.25, 0.3) is 0 Å². The monoisotopic (exact) mass is 313 g/mol. The normalized spacial score (nSPS) is 14.3. The van der Waals surface area contributed by atoms with Gasteiger partial charge in [-0.25, -0.2) is 0 Å². The number of rotatable bonds is 6. The van der Waals surface area contributed by atoms with Crippen molar-refractivity contribution in [3.63, 3.8) is 0 Å². The van der Waals surface area contributed by atoms with Gasteiger partial charge >= 0.3 is 0 Å². The number of benzene rings is 1. The molecule has 0 spiro atoms. The van der Waals surface area contributed by atoms with Crippen molar-refractivity contribution in [1.29, 1.82) is 0 Å². The van der Waals surface area contributed by atoms with Gasteiger partial charge in [0.15, 0.2) is 0 Å². The van der Waals surface area contributed by atoms with Gasteiger partial charge in [0.2, 0.25) is 0 Å². The second-order valence-corrected chi connectivity index (χ2v) is 5.84. The summed E-state index contributed by atoms with van der Waals surface area (Å²) in [6.07, 6.45) is 3.60. The van der Waals surface area contributed by atoms with E-state index in [1.165, 1.54) is 18.4 Å². The van der Waals surface area contributed by atoms with Gasteiger partial charge in [-0.15, -0.1) is 0 Å². The standard InChI is InChI=1S/C15H24BrNO/c1-5-6-7-10(2)15(17)12-9-13(16)11(3)8-14(12)18-4/h8-10,15H,5-7,17H2,1-4H3. The molecule has 0 aliphatic carbocycles. The molecule has 0 heterocycles. The van der Waals surface area contributed by atoms with Crippen molar-refractivity contribution >= 4 is 15.9 Å². The van der Waals surface area contributed by atoms with E-state index in [4.69, 9.17) is 10.5 Å². The molecule has 1 rings (SSSR count).